The minimum Gasteiger partial charge on any atom is -0.254 e. The van der Waals surface area contributed by atoms with E-state index in [1.807, 2.05) is 18.3 Å². The third-order valence-corrected chi connectivity index (χ3v) is 3.81. The van der Waals surface area contributed by atoms with Gasteiger partial charge in [-0.05, 0) is 48.6 Å². The average molecular weight is 246 g/mol. The number of aromatic nitrogens is 2. The summed E-state index contributed by atoms with van der Waals surface area (Å²) in [4.78, 5) is 9.42. The molecule has 4 rings (SSSR count). The Morgan fingerprint density at radius 2 is 1.74 bits per heavy atom. The van der Waals surface area contributed by atoms with Crippen LogP contribution in [0.5, 0.6) is 0 Å². The highest BCUT2D eigenvalue weighted by molar-refractivity contribution is 5.83. The zero-order valence-corrected chi connectivity index (χ0v) is 10.6. The molecule has 2 heteroatoms. The fraction of sp³-hybridized carbons (Fsp3) is 0.176. The van der Waals surface area contributed by atoms with E-state index in [9.17, 15) is 0 Å². The summed E-state index contributed by atoms with van der Waals surface area (Å²) in [6, 6.07) is 14.8. The predicted molar refractivity (Wildman–Crippen MR) is 77.0 cm³/mol. The second-order valence-corrected chi connectivity index (χ2v) is 5.05. The van der Waals surface area contributed by atoms with Gasteiger partial charge in [0.1, 0.15) is 0 Å². The lowest BCUT2D eigenvalue weighted by atomic mass is 10.0. The lowest BCUT2D eigenvalue weighted by molar-refractivity contribution is 0.833. The Hall–Kier alpha value is -2.22. The molecule has 0 radical (unpaired) electrons. The number of nitrogens with zero attached hydrogens (tertiary/aromatic N) is 2. The average Bonchev–Trinajstić information content (AvgIpc) is 2.64. The molecule has 1 aromatic carbocycles. The van der Waals surface area contributed by atoms with Gasteiger partial charge in [0.25, 0.3) is 0 Å². The van der Waals surface area contributed by atoms with E-state index in [2.05, 4.69) is 35.3 Å². The van der Waals surface area contributed by atoms with Gasteiger partial charge in [0.2, 0.25) is 0 Å². The van der Waals surface area contributed by atoms with Crippen molar-refractivity contribution in [2.24, 2.45) is 0 Å². The summed E-state index contributed by atoms with van der Waals surface area (Å²) in [5, 5.41) is 1.22. The molecule has 19 heavy (non-hydrogen) atoms. The van der Waals surface area contributed by atoms with E-state index in [-0.39, 0.29) is 0 Å². The van der Waals surface area contributed by atoms with Gasteiger partial charge in [-0.15, -0.1) is 0 Å². The molecule has 92 valence electrons. The van der Waals surface area contributed by atoms with E-state index in [0.29, 0.717) is 0 Å². The topological polar surface area (TPSA) is 25.8 Å². The molecule has 1 aliphatic rings. The molecule has 2 nitrogen and oxygen atoms in total. The molecule has 0 N–H and O–H groups in total. The van der Waals surface area contributed by atoms with Crippen LogP contribution in [0.2, 0.25) is 0 Å². The summed E-state index contributed by atoms with van der Waals surface area (Å²) >= 11 is 0. The van der Waals surface area contributed by atoms with E-state index in [1.54, 1.807) is 0 Å². The van der Waals surface area contributed by atoms with Gasteiger partial charge < -0.3 is 0 Å². The molecule has 0 atom stereocenters. The van der Waals surface area contributed by atoms with Gasteiger partial charge in [-0.25, -0.2) is 4.98 Å². The predicted octanol–water partition coefficient (Wildman–Crippen LogP) is 3.79. The summed E-state index contributed by atoms with van der Waals surface area (Å²) < 4.78 is 0. The summed E-state index contributed by atoms with van der Waals surface area (Å²) in [5.41, 5.74) is 5.85. The first-order valence-electron chi connectivity index (χ1n) is 6.75. The fourth-order valence-corrected chi connectivity index (χ4v) is 2.88. The van der Waals surface area contributed by atoms with Crippen LogP contribution in [0, 0.1) is 0 Å². The molecule has 0 saturated heterocycles. The van der Waals surface area contributed by atoms with Gasteiger partial charge >= 0.3 is 0 Å². The van der Waals surface area contributed by atoms with Crippen LogP contribution in [-0.2, 0) is 12.8 Å². The van der Waals surface area contributed by atoms with Gasteiger partial charge in [-0.1, -0.05) is 24.3 Å². The first-order valence-corrected chi connectivity index (χ1v) is 6.75. The Morgan fingerprint density at radius 3 is 2.74 bits per heavy atom. The van der Waals surface area contributed by atoms with Gasteiger partial charge in [0.15, 0.2) is 0 Å². The molecule has 0 spiro atoms. The molecular formula is C17H14N2. The number of pyridine rings is 2. The molecule has 0 aliphatic heterocycles. The Bertz CT molecular complexity index is 762. The third-order valence-electron chi connectivity index (χ3n) is 3.81. The second kappa shape index (κ2) is 4.16. The second-order valence-electron chi connectivity index (χ2n) is 5.05. The molecule has 0 amide bonds. The van der Waals surface area contributed by atoms with Crippen LogP contribution in [0.3, 0.4) is 0 Å². The minimum absolute atomic E-state index is 1.06. The van der Waals surface area contributed by atoms with Gasteiger partial charge in [0.05, 0.1) is 16.9 Å². The van der Waals surface area contributed by atoms with E-state index in [1.165, 1.54) is 22.9 Å². The molecule has 2 aromatic heterocycles. The Morgan fingerprint density at radius 1 is 0.842 bits per heavy atom. The SMILES string of the molecule is c1cnc2c(c1)CCCc1cc3ccccc3nc1-2. The number of fused-ring (bicyclic) bond motifs is 4. The van der Waals surface area contributed by atoms with Crippen LogP contribution < -0.4 is 0 Å². The zero-order chi connectivity index (χ0) is 12.7. The standard InChI is InChI=1S/C17H14N2/c1-2-9-15-13(5-1)11-14-7-3-6-12-8-4-10-18-16(12)17(14)19-15/h1-2,4-5,8-11H,3,6-7H2. The molecule has 1 aliphatic carbocycles. The van der Waals surface area contributed by atoms with Crippen molar-refractivity contribution in [3.05, 3.63) is 59.8 Å². The van der Waals surface area contributed by atoms with Crippen molar-refractivity contribution in [3.8, 4) is 11.4 Å². The number of hydrogen-bond acceptors (Lipinski definition) is 2. The largest absolute Gasteiger partial charge is 0.254 e. The minimum atomic E-state index is 1.06. The molecular weight excluding hydrogens is 232 g/mol. The van der Waals surface area contributed by atoms with Crippen LogP contribution in [0.4, 0.5) is 0 Å². The number of para-hydroxylation sites is 1. The van der Waals surface area contributed by atoms with Crippen LogP contribution in [0.15, 0.2) is 48.7 Å². The smallest absolute Gasteiger partial charge is 0.0928 e. The maximum Gasteiger partial charge on any atom is 0.0928 e. The summed E-state index contributed by atoms with van der Waals surface area (Å²) in [6.45, 7) is 0. The van der Waals surface area contributed by atoms with Gasteiger partial charge in [-0.3, -0.25) is 4.98 Å². The molecule has 0 fully saturated rings. The lowest BCUT2D eigenvalue weighted by Gasteiger charge is -2.08. The number of benzene rings is 1. The fourth-order valence-electron chi connectivity index (χ4n) is 2.88. The Kier molecular flexibility index (Phi) is 2.34. The van der Waals surface area contributed by atoms with Crippen LogP contribution >= 0.6 is 0 Å². The molecule has 3 aromatic rings. The highest BCUT2D eigenvalue weighted by atomic mass is 14.8. The molecule has 0 saturated carbocycles. The van der Waals surface area contributed by atoms with Crippen molar-refractivity contribution < 1.29 is 0 Å². The van der Waals surface area contributed by atoms with Crippen molar-refractivity contribution in [2.75, 3.05) is 0 Å². The Labute approximate surface area is 112 Å². The lowest BCUT2D eigenvalue weighted by Crippen LogP contribution is -1.95. The first kappa shape index (κ1) is 10.7. The zero-order valence-electron chi connectivity index (χ0n) is 10.6. The Balaban J connectivity index is 2.06. The monoisotopic (exact) mass is 246 g/mol. The van der Waals surface area contributed by atoms with E-state index in [0.717, 1.165) is 29.7 Å². The first-order chi connectivity index (χ1) is 9.42. The summed E-state index contributed by atoms with van der Waals surface area (Å²) in [5.74, 6) is 0. The van der Waals surface area contributed by atoms with E-state index >= 15 is 0 Å². The molecule has 0 bridgehead atoms. The number of aryl methyl sites for hydroxylation is 2. The van der Waals surface area contributed by atoms with E-state index < -0.39 is 0 Å². The van der Waals surface area contributed by atoms with Gasteiger partial charge in [-0.2, -0.15) is 0 Å². The summed E-state index contributed by atoms with van der Waals surface area (Å²) in [6.07, 6.45) is 5.22. The molecule has 2 heterocycles. The maximum absolute atomic E-state index is 4.85. The van der Waals surface area contributed by atoms with Crippen LogP contribution in [0.25, 0.3) is 22.3 Å². The molecule has 0 unspecified atom stereocenters. The van der Waals surface area contributed by atoms with Gasteiger partial charge in [0, 0.05) is 11.6 Å². The number of rotatable bonds is 0. The van der Waals surface area contributed by atoms with Crippen LogP contribution in [-0.4, -0.2) is 9.97 Å². The third kappa shape index (κ3) is 1.72. The van der Waals surface area contributed by atoms with E-state index in [4.69, 9.17) is 4.98 Å². The van der Waals surface area contributed by atoms with Crippen molar-refractivity contribution in [2.45, 2.75) is 19.3 Å². The van der Waals surface area contributed by atoms with Crippen LogP contribution in [0.1, 0.15) is 17.5 Å². The normalized spacial score (nSPS) is 13.7. The van der Waals surface area contributed by atoms with Crippen molar-refractivity contribution in [1.29, 1.82) is 0 Å². The maximum atomic E-state index is 4.85. The quantitative estimate of drug-likeness (QED) is 0.603. The highest BCUT2D eigenvalue weighted by Gasteiger charge is 2.17. The van der Waals surface area contributed by atoms with Crippen molar-refractivity contribution >= 4 is 10.9 Å². The number of hydrogen-bond donors (Lipinski definition) is 0. The van der Waals surface area contributed by atoms with Crippen molar-refractivity contribution in [1.82, 2.24) is 9.97 Å². The summed E-state index contributed by atoms with van der Waals surface area (Å²) in [7, 11) is 0. The van der Waals surface area contributed by atoms with Crippen molar-refractivity contribution in [3.63, 3.8) is 0 Å². The highest BCUT2D eigenvalue weighted by Crippen LogP contribution is 2.31.